The average Bonchev–Trinajstić information content (AvgIpc) is 2.79. The van der Waals surface area contributed by atoms with Gasteiger partial charge in [-0.25, -0.2) is 8.42 Å². The van der Waals surface area contributed by atoms with E-state index in [-0.39, 0.29) is 0 Å². The molecule has 0 bridgehead atoms. The molecule has 114 valence electrons. The monoisotopic (exact) mass is 329 g/mol. The highest BCUT2D eigenvalue weighted by atomic mass is 35.5. The fourth-order valence-corrected chi connectivity index (χ4v) is 3.64. The normalized spacial score (nSPS) is 17.6. The van der Waals surface area contributed by atoms with Crippen molar-refractivity contribution in [2.45, 2.75) is 6.92 Å². The van der Waals surface area contributed by atoms with Gasteiger partial charge in [0.05, 0.1) is 17.6 Å². The van der Waals surface area contributed by atoms with Crippen molar-refractivity contribution in [3.8, 4) is 0 Å². The van der Waals surface area contributed by atoms with Crippen LogP contribution in [0.5, 0.6) is 0 Å². The van der Waals surface area contributed by atoms with Crippen molar-refractivity contribution in [3.05, 3.63) is 22.8 Å². The van der Waals surface area contributed by atoms with Crippen molar-refractivity contribution in [2.75, 3.05) is 37.3 Å². The third-order valence-electron chi connectivity index (χ3n) is 3.75. The van der Waals surface area contributed by atoms with Crippen LogP contribution in [-0.2, 0) is 10.0 Å². The van der Waals surface area contributed by atoms with E-state index in [4.69, 9.17) is 16.1 Å². The number of fused-ring (bicyclic) bond motifs is 1. The van der Waals surface area contributed by atoms with Crippen LogP contribution in [0.25, 0.3) is 11.0 Å². The number of anilines is 1. The molecule has 0 spiro atoms. The van der Waals surface area contributed by atoms with Gasteiger partial charge in [0.25, 0.3) is 0 Å². The molecule has 1 fully saturated rings. The number of nitrogens with zero attached hydrogens (tertiary/aromatic N) is 3. The van der Waals surface area contributed by atoms with Gasteiger partial charge >= 0.3 is 0 Å². The summed E-state index contributed by atoms with van der Waals surface area (Å²) in [6.07, 6.45) is 1.24. The molecule has 8 heteroatoms. The van der Waals surface area contributed by atoms with E-state index in [1.54, 1.807) is 0 Å². The average molecular weight is 330 g/mol. The topological polar surface area (TPSA) is 66.7 Å². The maximum Gasteiger partial charge on any atom is 0.211 e. The van der Waals surface area contributed by atoms with Crippen LogP contribution in [-0.4, -0.2) is 50.3 Å². The molecule has 0 atom stereocenters. The molecule has 1 aromatic carbocycles. The smallest absolute Gasteiger partial charge is 0.211 e. The van der Waals surface area contributed by atoms with Crippen molar-refractivity contribution in [3.63, 3.8) is 0 Å². The van der Waals surface area contributed by atoms with Crippen molar-refractivity contribution >= 4 is 38.3 Å². The van der Waals surface area contributed by atoms with E-state index in [0.717, 1.165) is 16.8 Å². The minimum absolute atomic E-state index is 0.458. The minimum atomic E-state index is -3.13. The zero-order valence-corrected chi connectivity index (χ0v) is 13.4. The van der Waals surface area contributed by atoms with Gasteiger partial charge in [-0.3, -0.25) is 0 Å². The molecule has 21 heavy (non-hydrogen) atoms. The predicted octanol–water partition coefficient (Wildman–Crippen LogP) is 1.87. The number of rotatable bonds is 2. The molecule has 1 saturated heterocycles. The van der Waals surface area contributed by atoms with Crippen LogP contribution in [0.4, 0.5) is 5.69 Å². The summed E-state index contributed by atoms with van der Waals surface area (Å²) in [6, 6.07) is 3.67. The molecule has 0 aliphatic carbocycles. The van der Waals surface area contributed by atoms with Gasteiger partial charge in [0, 0.05) is 36.6 Å². The molecule has 2 aromatic rings. The van der Waals surface area contributed by atoms with E-state index >= 15 is 0 Å². The highest BCUT2D eigenvalue weighted by Crippen LogP contribution is 2.33. The SMILES string of the molecule is Cc1noc2c(N3CCN(S(C)(=O)=O)CC3)cc(Cl)cc12. The molecular weight excluding hydrogens is 314 g/mol. The van der Waals surface area contributed by atoms with Crippen LogP contribution in [0.3, 0.4) is 0 Å². The van der Waals surface area contributed by atoms with Gasteiger partial charge in [-0.2, -0.15) is 4.31 Å². The van der Waals surface area contributed by atoms with Gasteiger partial charge in [0.1, 0.15) is 0 Å². The van der Waals surface area contributed by atoms with Gasteiger partial charge in [0.2, 0.25) is 10.0 Å². The lowest BCUT2D eigenvalue weighted by atomic mass is 10.1. The number of hydrogen-bond donors (Lipinski definition) is 0. The second-order valence-electron chi connectivity index (χ2n) is 5.22. The Labute approximate surface area is 128 Å². The first-order valence-corrected chi connectivity index (χ1v) is 8.84. The molecule has 1 aliphatic heterocycles. The van der Waals surface area contributed by atoms with Gasteiger partial charge in [-0.1, -0.05) is 16.8 Å². The van der Waals surface area contributed by atoms with Gasteiger partial charge in [-0.05, 0) is 19.1 Å². The van der Waals surface area contributed by atoms with Gasteiger partial charge in [-0.15, -0.1) is 0 Å². The molecule has 0 radical (unpaired) electrons. The first-order chi connectivity index (χ1) is 9.86. The number of benzene rings is 1. The number of halogens is 1. The molecule has 1 aromatic heterocycles. The second-order valence-corrected chi connectivity index (χ2v) is 7.64. The maximum absolute atomic E-state index is 11.6. The van der Waals surface area contributed by atoms with Crippen molar-refractivity contribution < 1.29 is 12.9 Å². The molecule has 0 amide bonds. The van der Waals surface area contributed by atoms with Crippen LogP contribution >= 0.6 is 11.6 Å². The van der Waals surface area contributed by atoms with E-state index in [1.807, 2.05) is 19.1 Å². The van der Waals surface area contributed by atoms with Gasteiger partial charge in [0.15, 0.2) is 5.58 Å². The summed E-state index contributed by atoms with van der Waals surface area (Å²) in [4.78, 5) is 2.08. The van der Waals surface area contributed by atoms with E-state index in [1.165, 1.54) is 10.6 Å². The third kappa shape index (κ3) is 2.73. The van der Waals surface area contributed by atoms with Crippen molar-refractivity contribution in [1.29, 1.82) is 0 Å². The molecule has 1 aliphatic rings. The standard InChI is InChI=1S/C13H16ClN3O3S/c1-9-11-7-10(14)8-12(13(11)20-15-9)16-3-5-17(6-4-16)21(2,18)19/h7-8H,3-6H2,1-2H3. The Balaban J connectivity index is 1.92. The fourth-order valence-electron chi connectivity index (χ4n) is 2.60. The Bertz CT molecular complexity index is 779. The largest absolute Gasteiger partial charge is 0.366 e. The molecule has 6 nitrogen and oxygen atoms in total. The summed E-state index contributed by atoms with van der Waals surface area (Å²) in [5.41, 5.74) is 2.36. The van der Waals surface area contributed by atoms with Crippen LogP contribution < -0.4 is 4.90 Å². The highest BCUT2D eigenvalue weighted by molar-refractivity contribution is 7.88. The number of sulfonamides is 1. The predicted molar refractivity (Wildman–Crippen MR) is 82.4 cm³/mol. The Kier molecular flexibility index (Phi) is 3.59. The third-order valence-corrected chi connectivity index (χ3v) is 5.27. The summed E-state index contributed by atoms with van der Waals surface area (Å²) in [6.45, 7) is 3.98. The molecular formula is C13H16ClN3O3S. The molecule has 0 saturated carbocycles. The molecule has 2 heterocycles. The van der Waals surface area contributed by atoms with E-state index in [9.17, 15) is 8.42 Å². The minimum Gasteiger partial charge on any atom is -0.366 e. The zero-order chi connectivity index (χ0) is 15.2. The van der Waals surface area contributed by atoms with Crippen molar-refractivity contribution in [1.82, 2.24) is 9.46 Å². The molecule has 0 unspecified atom stereocenters. The first-order valence-electron chi connectivity index (χ1n) is 6.62. The lowest BCUT2D eigenvalue weighted by Gasteiger charge is -2.34. The van der Waals surface area contributed by atoms with Crippen LogP contribution in [0.15, 0.2) is 16.7 Å². The highest BCUT2D eigenvalue weighted by Gasteiger charge is 2.25. The van der Waals surface area contributed by atoms with E-state index < -0.39 is 10.0 Å². The maximum atomic E-state index is 11.6. The van der Waals surface area contributed by atoms with E-state index in [2.05, 4.69) is 10.1 Å². The lowest BCUT2D eigenvalue weighted by Crippen LogP contribution is -2.48. The lowest BCUT2D eigenvalue weighted by molar-refractivity contribution is 0.387. The fraction of sp³-hybridized carbons (Fsp3) is 0.462. The van der Waals surface area contributed by atoms with E-state index in [0.29, 0.717) is 36.8 Å². The molecule has 3 rings (SSSR count). The van der Waals surface area contributed by atoms with Gasteiger partial charge < -0.3 is 9.42 Å². The Hall–Kier alpha value is -1.31. The van der Waals surface area contributed by atoms with Crippen LogP contribution in [0.1, 0.15) is 5.69 Å². The summed E-state index contributed by atoms with van der Waals surface area (Å²) >= 11 is 6.17. The zero-order valence-electron chi connectivity index (χ0n) is 11.8. The Morgan fingerprint density at radius 3 is 2.52 bits per heavy atom. The summed E-state index contributed by atoms with van der Waals surface area (Å²) in [5.74, 6) is 0. The number of piperazine rings is 1. The van der Waals surface area contributed by atoms with Crippen LogP contribution in [0.2, 0.25) is 5.02 Å². The van der Waals surface area contributed by atoms with Crippen LogP contribution in [0, 0.1) is 6.92 Å². The van der Waals surface area contributed by atoms with Crippen molar-refractivity contribution in [2.24, 2.45) is 0 Å². The first kappa shape index (κ1) is 14.6. The second kappa shape index (κ2) is 5.15. The Morgan fingerprint density at radius 2 is 1.90 bits per heavy atom. The summed E-state index contributed by atoms with van der Waals surface area (Å²) < 4.78 is 30.0. The molecule has 0 N–H and O–H groups in total. The quantitative estimate of drug-likeness (QED) is 0.841. The Morgan fingerprint density at radius 1 is 1.24 bits per heavy atom. The summed E-state index contributed by atoms with van der Waals surface area (Å²) in [7, 11) is -3.13. The number of hydrogen-bond acceptors (Lipinski definition) is 5. The number of aromatic nitrogens is 1. The summed E-state index contributed by atoms with van der Waals surface area (Å²) in [5, 5.41) is 5.49. The number of aryl methyl sites for hydroxylation is 1.